The summed E-state index contributed by atoms with van der Waals surface area (Å²) < 4.78 is 1.91. The lowest BCUT2D eigenvalue weighted by Crippen LogP contribution is -1.93. The number of hydrogen-bond acceptors (Lipinski definition) is 4. The van der Waals surface area contributed by atoms with Crippen molar-refractivity contribution in [1.82, 2.24) is 14.6 Å². The van der Waals surface area contributed by atoms with E-state index < -0.39 is 0 Å². The zero-order chi connectivity index (χ0) is 11.8. The average Bonchev–Trinajstić information content (AvgIpc) is 2.97. The SMILES string of the molecule is Cc1ccc(-c2ccsc2C#N)n2cnnc12. The molecule has 3 aromatic rings. The van der Waals surface area contributed by atoms with E-state index in [1.54, 1.807) is 6.33 Å². The minimum Gasteiger partial charge on any atom is -0.281 e. The molecular weight excluding hydrogens is 232 g/mol. The van der Waals surface area contributed by atoms with Gasteiger partial charge in [-0.05, 0) is 30.0 Å². The van der Waals surface area contributed by atoms with Gasteiger partial charge in [-0.3, -0.25) is 4.40 Å². The van der Waals surface area contributed by atoms with Crippen molar-refractivity contribution in [3.63, 3.8) is 0 Å². The molecule has 5 heteroatoms. The maximum atomic E-state index is 9.07. The summed E-state index contributed by atoms with van der Waals surface area (Å²) in [6.45, 7) is 1.99. The van der Waals surface area contributed by atoms with Crippen molar-refractivity contribution in [2.24, 2.45) is 0 Å². The van der Waals surface area contributed by atoms with Crippen molar-refractivity contribution in [2.45, 2.75) is 6.92 Å². The Bertz CT molecular complexity index is 732. The van der Waals surface area contributed by atoms with Crippen molar-refractivity contribution in [1.29, 1.82) is 5.26 Å². The summed E-state index contributed by atoms with van der Waals surface area (Å²) in [6.07, 6.45) is 1.68. The second kappa shape index (κ2) is 3.68. The van der Waals surface area contributed by atoms with Gasteiger partial charge in [0.25, 0.3) is 0 Å². The second-order valence-corrected chi connectivity index (χ2v) is 4.62. The Labute approximate surface area is 102 Å². The predicted octanol–water partition coefficient (Wildman–Crippen LogP) is 2.64. The molecule has 3 rings (SSSR count). The van der Waals surface area contributed by atoms with Crippen molar-refractivity contribution in [3.05, 3.63) is 40.3 Å². The van der Waals surface area contributed by atoms with Crippen LogP contribution in [0.3, 0.4) is 0 Å². The van der Waals surface area contributed by atoms with E-state index in [-0.39, 0.29) is 0 Å². The van der Waals surface area contributed by atoms with E-state index in [0.717, 1.165) is 22.5 Å². The Hall–Kier alpha value is -2.19. The fraction of sp³-hybridized carbons (Fsp3) is 0.0833. The van der Waals surface area contributed by atoms with Gasteiger partial charge in [-0.15, -0.1) is 21.5 Å². The van der Waals surface area contributed by atoms with Crippen molar-refractivity contribution >= 4 is 17.0 Å². The van der Waals surface area contributed by atoms with Gasteiger partial charge in [-0.25, -0.2) is 0 Å². The van der Waals surface area contributed by atoms with Crippen molar-refractivity contribution in [3.8, 4) is 17.3 Å². The third-order valence-corrected chi connectivity index (χ3v) is 3.51. The molecule has 0 spiro atoms. The number of hydrogen-bond donors (Lipinski definition) is 0. The summed E-state index contributed by atoms with van der Waals surface area (Å²) in [6, 6.07) is 8.15. The number of pyridine rings is 1. The highest BCUT2D eigenvalue weighted by Crippen LogP contribution is 2.28. The standard InChI is InChI=1S/C12H8N4S/c1-8-2-3-10(16-7-14-15-12(8)16)9-4-5-17-11(9)6-13/h2-5,7H,1H3. The Morgan fingerprint density at radius 2 is 2.24 bits per heavy atom. The Morgan fingerprint density at radius 1 is 1.35 bits per heavy atom. The molecule has 0 aliphatic carbocycles. The molecule has 0 saturated heterocycles. The van der Waals surface area contributed by atoms with Gasteiger partial charge in [0.1, 0.15) is 17.3 Å². The van der Waals surface area contributed by atoms with Crippen LogP contribution in [0.25, 0.3) is 16.9 Å². The van der Waals surface area contributed by atoms with E-state index in [2.05, 4.69) is 16.3 Å². The third kappa shape index (κ3) is 1.42. The highest BCUT2D eigenvalue weighted by atomic mass is 32.1. The van der Waals surface area contributed by atoms with E-state index in [9.17, 15) is 0 Å². The van der Waals surface area contributed by atoms with Gasteiger partial charge in [0.15, 0.2) is 5.65 Å². The van der Waals surface area contributed by atoms with Crippen LogP contribution in [0.4, 0.5) is 0 Å². The van der Waals surface area contributed by atoms with Gasteiger partial charge in [-0.1, -0.05) is 6.07 Å². The van der Waals surface area contributed by atoms with Gasteiger partial charge < -0.3 is 0 Å². The summed E-state index contributed by atoms with van der Waals surface area (Å²) in [7, 11) is 0. The number of rotatable bonds is 1. The molecule has 0 aromatic carbocycles. The minimum atomic E-state index is 0.712. The molecular formula is C12H8N4S. The molecule has 0 unspecified atom stereocenters. The molecule has 3 heterocycles. The number of fused-ring (bicyclic) bond motifs is 1. The molecule has 0 fully saturated rings. The predicted molar refractivity (Wildman–Crippen MR) is 65.8 cm³/mol. The molecule has 0 amide bonds. The summed E-state index contributed by atoms with van der Waals surface area (Å²) in [4.78, 5) is 0.712. The molecule has 0 saturated carbocycles. The number of nitriles is 1. The fourth-order valence-electron chi connectivity index (χ4n) is 1.86. The summed E-state index contributed by atoms with van der Waals surface area (Å²) in [5.74, 6) is 0. The van der Waals surface area contributed by atoms with E-state index in [4.69, 9.17) is 5.26 Å². The molecule has 3 aromatic heterocycles. The normalized spacial score (nSPS) is 10.6. The number of aryl methyl sites for hydroxylation is 1. The first-order valence-electron chi connectivity index (χ1n) is 5.08. The van der Waals surface area contributed by atoms with Gasteiger partial charge >= 0.3 is 0 Å². The Morgan fingerprint density at radius 3 is 3.06 bits per heavy atom. The molecule has 82 valence electrons. The lowest BCUT2D eigenvalue weighted by molar-refractivity contribution is 1.10. The molecule has 4 nitrogen and oxygen atoms in total. The monoisotopic (exact) mass is 240 g/mol. The Kier molecular flexibility index (Phi) is 2.16. The molecule has 0 N–H and O–H groups in total. The molecule has 0 atom stereocenters. The van der Waals surface area contributed by atoms with Gasteiger partial charge in [0.05, 0.1) is 5.69 Å². The van der Waals surface area contributed by atoms with E-state index >= 15 is 0 Å². The lowest BCUT2D eigenvalue weighted by Gasteiger charge is -2.04. The first-order chi connectivity index (χ1) is 8.31. The molecule has 0 aliphatic rings. The van der Waals surface area contributed by atoms with Crippen LogP contribution in [0.1, 0.15) is 10.4 Å². The van der Waals surface area contributed by atoms with E-state index in [0.29, 0.717) is 4.88 Å². The fourth-order valence-corrected chi connectivity index (χ4v) is 2.55. The van der Waals surface area contributed by atoms with Gasteiger partial charge in [-0.2, -0.15) is 5.26 Å². The van der Waals surface area contributed by atoms with Crippen LogP contribution in [0.15, 0.2) is 29.9 Å². The molecule has 0 aliphatic heterocycles. The summed E-state index contributed by atoms with van der Waals surface area (Å²) in [5.41, 5.74) is 3.79. The van der Waals surface area contributed by atoms with E-state index in [1.165, 1.54) is 11.3 Å². The molecule has 0 radical (unpaired) electrons. The van der Waals surface area contributed by atoms with Crippen LogP contribution >= 0.6 is 11.3 Å². The maximum Gasteiger partial charge on any atom is 0.163 e. The van der Waals surface area contributed by atoms with Crippen LogP contribution in [0.5, 0.6) is 0 Å². The average molecular weight is 240 g/mol. The van der Waals surface area contributed by atoms with Gasteiger partial charge in [0, 0.05) is 5.56 Å². The highest BCUT2D eigenvalue weighted by molar-refractivity contribution is 7.11. The first kappa shape index (κ1) is 10.00. The van der Waals surface area contributed by atoms with Gasteiger partial charge in [0.2, 0.25) is 0 Å². The summed E-state index contributed by atoms with van der Waals surface area (Å²) >= 11 is 1.44. The summed E-state index contributed by atoms with van der Waals surface area (Å²) in [5, 5.41) is 19.0. The maximum absolute atomic E-state index is 9.07. The van der Waals surface area contributed by atoms with Crippen molar-refractivity contribution in [2.75, 3.05) is 0 Å². The van der Waals surface area contributed by atoms with Crippen LogP contribution in [0, 0.1) is 18.3 Å². The zero-order valence-corrected chi connectivity index (χ0v) is 9.90. The first-order valence-corrected chi connectivity index (χ1v) is 5.96. The lowest BCUT2D eigenvalue weighted by atomic mass is 10.1. The van der Waals surface area contributed by atoms with Crippen molar-refractivity contribution < 1.29 is 0 Å². The van der Waals surface area contributed by atoms with E-state index in [1.807, 2.05) is 34.9 Å². The van der Waals surface area contributed by atoms with Crippen LogP contribution < -0.4 is 0 Å². The second-order valence-electron chi connectivity index (χ2n) is 3.70. The topological polar surface area (TPSA) is 54.0 Å². The molecule has 17 heavy (non-hydrogen) atoms. The molecule has 0 bridgehead atoms. The van der Waals surface area contributed by atoms with Crippen LogP contribution in [0.2, 0.25) is 0 Å². The quantitative estimate of drug-likeness (QED) is 0.657. The van der Waals surface area contributed by atoms with Crippen LogP contribution in [-0.4, -0.2) is 14.6 Å². The minimum absolute atomic E-state index is 0.712. The largest absolute Gasteiger partial charge is 0.281 e. The highest BCUT2D eigenvalue weighted by Gasteiger charge is 2.11. The Balaban J connectivity index is 2.36. The number of aromatic nitrogens is 3. The smallest absolute Gasteiger partial charge is 0.163 e. The van der Waals surface area contributed by atoms with Crippen LogP contribution in [-0.2, 0) is 0 Å². The third-order valence-electron chi connectivity index (χ3n) is 2.69. The number of nitrogens with zero attached hydrogens (tertiary/aromatic N) is 4. The zero-order valence-electron chi connectivity index (χ0n) is 9.08. The number of thiophene rings is 1.